The minimum atomic E-state index is -0.922. The van der Waals surface area contributed by atoms with Crippen molar-refractivity contribution in [2.75, 3.05) is 23.8 Å². The van der Waals surface area contributed by atoms with Gasteiger partial charge in [0.25, 0.3) is 0 Å². The number of aromatic nitrogens is 4. The molecular formula is C24H30F2N6O. The van der Waals surface area contributed by atoms with Gasteiger partial charge in [-0.25, -0.2) is 18.7 Å². The average molecular weight is 457 g/mol. The van der Waals surface area contributed by atoms with E-state index in [4.69, 9.17) is 9.72 Å². The van der Waals surface area contributed by atoms with Crippen LogP contribution in [0, 0.1) is 17.6 Å². The monoisotopic (exact) mass is 456 g/mol. The maximum absolute atomic E-state index is 14.4. The highest BCUT2D eigenvalue weighted by atomic mass is 19.2. The Morgan fingerprint density at radius 1 is 1.09 bits per heavy atom. The van der Waals surface area contributed by atoms with E-state index in [-0.39, 0.29) is 17.3 Å². The molecule has 33 heavy (non-hydrogen) atoms. The van der Waals surface area contributed by atoms with Gasteiger partial charge in [0.05, 0.1) is 11.9 Å². The third-order valence-corrected chi connectivity index (χ3v) is 6.99. The van der Waals surface area contributed by atoms with E-state index in [1.54, 1.807) is 6.20 Å². The Morgan fingerprint density at radius 3 is 2.61 bits per heavy atom. The van der Waals surface area contributed by atoms with Crippen LogP contribution >= 0.6 is 0 Å². The lowest BCUT2D eigenvalue weighted by Gasteiger charge is -2.34. The number of benzene rings is 1. The van der Waals surface area contributed by atoms with Crippen molar-refractivity contribution < 1.29 is 13.5 Å². The van der Waals surface area contributed by atoms with Gasteiger partial charge in [0.1, 0.15) is 5.52 Å². The topological polar surface area (TPSA) is 76.9 Å². The quantitative estimate of drug-likeness (QED) is 0.522. The molecule has 5 rings (SSSR count). The molecule has 1 aliphatic heterocycles. The van der Waals surface area contributed by atoms with Crippen molar-refractivity contribution >= 4 is 28.7 Å². The summed E-state index contributed by atoms with van der Waals surface area (Å²) < 4.78 is 35.8. The molecule has 0 radical (unpaired) electrons. The van der Waals surface area contributed by atoms with Gasteiger partial charge in [-0.1, -0.05) is 13.0 Å². The van der Waals surface area contributed by atoms with Crippen LogP contribution in [0.15, 0.2) is 24.4 Å². The third-order valence-electron chi connectivity index (χ3n) is 6.99. The van der Waals surface area contributed by atoms with E-state index in [0.29, 0.717) is 42.2 Å². The smallest absolute Gasteiger partial charge is 0.225 e. The van der Waals surface area contributed by atoms with Gasteiger partial charge < -0.3 is 15.4 Å². The van der Waals surface area contributed by atoms with E-state index in [9.17, 15) is 8.78 Å². The van der Waals surface area contributed by atoms with Crippen molar-refractivity contribution in [2.24, 2.45) is 5.92 Å². The van der Waals surface area contributed by atoms with E-state index in [2.05, 4.69) is 34.4 Å². The number of hydrogen-bond acceptors (Lipinski definition) is 6. The summed E-state index contributed by atoms with van der Waals surface area (Å²) in [4.78, 5) is 14.0. The second-order valence-corrected chi connectivity index (χ2v) is 9.65. The molecule has 0 amide bonds. The number of ether oxygens (including phenoxy) is 1. The lowest BCUT2D eigenvalue weighted by atomic mass is 9.87. The van der Waals surface area contributed by atoms with Crippen molar-refractivity contribution in [3.05, 3.63) is 36.0 Å². The highest BCUT2D eigenvalue weighted by molar-refractivity contribution is 5.76. The Kier molecular flexibility index (Phi) is 5.90. The van der Waals surface area contributed by atoms with Crippen molar-refractivity contribution in [1.82, 2.24) is 19.5 Å². The fourth-order valence-corrected chi connectivity index (χ4v) is 4.82. The predicted octanol–water partition coefficient (Wildman–Crippen LogP) is 5.58. The maximum Gasteiger partial charge on any atom is 0.225 e. The molecule has 0 bridgehead atoms. The fourth-order valence-electron chi connectivity index (χ4n) is 4.82. The molecule has 1 aromatic carbocycles. The summed E-state index contributed by atoms with van der Waals surface area (Å²) in [5.74, 6) is -0.147. The first-order chi connectivity index (χ1) is 15.9. The first-order valence-corrected chi connectivity index (χ1v) is 11.7. The van der Waals surface area contributed by atoms with Crippen molar-refractivity contribution in [3.63, 3.8) is 0 Å². The average Bonchev–Trinajstić information content (AvgIpc) is 3.15. The summed E-state index contributed by atoms with van der Waals surface area (Å²) in [6, 6.07) is 4.26. The van der Waals surface area contributed by atoms with Crippen LogP contribution < -0.4 is 10.6 Å². The molecule has 0 unspecified atom stereocenters. The predicted molar refractivity (Wildman–Crippen MR) is 124 cm³/mol. The number of nitrogens with one attached hydrogen (secondary N) is 2. The number of hydrogen-bond donors (Lipinski definition) is 2. The van der Waals surface area contributed by atoms with Gasteiger partial charge in [-0.15, -0.1) is 0 Å². The Balaban J connectivity index is 1.54. The third kappa shape index (κ3) is 4.51. The molecule has 2 aliphatic rings. The lowest BCUT2D eigenvalue weighted by molar-refractivity contribution is 0.0656. The van der Waals surface area contributed by atoms with Gasteiger partial charge in [0, 0.05) is 24.8 Å². The van der Waals surface area contributed by atoms with E-state index in [0.717, 1.165) is 44.6 Å². The zero-order valence-electron chi connectivity index (χ0n) is 19.1. The molecule has 7 nitrogen and oxygen atoms in total. The highest BCUT2D eigenvalue weighted by Crippen LogP contribution is 2.37. The number of fused-ring (bicyclic) bond motifs is 1. The molecule has 0 atom stereocenters. The van der Waals surface area contributed by atoms with Crippen LogP contribution in [0.25, 0.3) is 11.2 Å². The van der Waals surface area contributed by atoms with Gasteiger partial charge in [0.15, 0.2) is 17.3 Å². The molecule has 9 heteroatoms. The van der Waals surface area contributed by atoms with E-state index >= 15 is 0 Å². The molecule has 3 heterocycles. The fraction of sp³-hybridized carbons (Fsp3) is 0.542. The van der Waals surface area contributed by atoms with Crippen LogP contribution in [0.1, 0.15) is 58.4 Å². The number of halogens is 2. The standard InChI is InChI=1S/C24H30F2N6O/c1-15-6-8-16(9-7-15)32-21-19(29-23(32)28-18-5-3-4-17(25)20(18)26)14-27-22(30-21)31-24(2)10-12-33-13-11-24/h3-5,14-16H,6-13H2,1-2H3,(H,28,29)(H,27,30,31). The zero-order valence-corrected chi connectivity index (χ0v) is 19.1. The van der Waals surface area contributed by atoms with Crippen LogP contribution in [-0.2, 0) is 4.74 Å². The van der Waals surface area contributed by atoms with Crippen LogP contribution in [0.4, 0.5) is 26.4 Å². The lowest BCUT2D eigenvalue weighted by Crippen LogP contribution is -2.41. The summed E-state index contributed by atoms with van der Waals surface area (Å²) in [6.07, 6.45) is 7.62. The van der Waals surface area contributed by atoms with Gasteiger partial charge in [-0.05, 0) is 63.5 Å². The molecule has 2 fully saturated rings. The van der Waals surface area contributed by atoms with Crippen LogP contribution in [0.5, 0.6) is 0 Å². The summed E-state index contributed by atoms with van der Waals surface area (Å²) in [5, 5.41) is 6.51. The number of rotatable bonds is 5. The first-order valence-electron chi connectivity index (χ1n) is 11.7. The minimum Gasteiger partial charge on any atom is -0.381 e. The highest BCUT2D eigenvalue weighted by Gasteiger charge is 2.29. The second kappa shape index (κ2) is 8.85. The Hall–Kier alpha value is -2.81. The van der Waals surface area contributed by atoms with Crippen molar-refractivity contribution in [2.45, 2.75) is 64.0 Å². The SMILES string of the molecule is CC1CCC(n2c(Nc3cccc(F)c3F)nc3cnc(NC4(C)CCOCC4)nc32)CC1. The van der Waals surface area contributed by atoms with Gasteiger partial charge in [-0.2, -0.15) is 4.98 Å². The first kappa shape index (κ1) is 22.0. The molecular weight excluding hydrogens is 426 g/mol. The Morgan fingerprint density at radius 2 is 1.85 bits per heavy atom. The Bertz CT molecular complexity index is 1140. The summed E-state index contributed by atoms with van der Waals surface area (Å²) >= 11 is 0. The van der Waals surface area contributed by atoms with Gasteiger partial charge in [-0.3, -0.25) is 4.57 Å². The van der Waals surface area contributed by atoms with Crippen LogP contribution in [-0.4, -0.2) is 38.3 Å². The zero-order chi connectivity index (χ0) is 23.0. The molecule has 1 saturated heterocycles. The second-order valence-electron chi connectivity index (χ2n) is 9.65. The molecule has 1 aliphatic carbocycles. The summed E-state index contributed by atoms with van der Waals surface area (Å²) in [5.41, 5.74) is 1.23. The normalized spacial score (nSPS) is 22.9. The van der Waals surface area contributed by atoms with Gasteiger partial charge in [0.2, 0.25) is 11.9 Å². The molecule has 2 N–H and O–H groups in total. The van der Waals surface area contributed by atoms with Gasteiger partial charge >= 0.3 is 0 Å². The largest absolute Gasteiger partial charge is 0.381 e. The number of nitrogens with zero attached hydrogens (tertiary/aromatic N) is 4. The maximum atomic E-state index is 14.4. The molecule has 176 valence electrons. The van der Waals surface area contributed by atoms with Crippen LogP contribution in [0.2, 0.25) is 0 Å². The summed E-state index contributed by atoms with van der Waals surface area (Å²) in [6.45, 7) is 5.83. The van der Waals surface area contributed by atoms with E-state index < -0.39 is 11.6 Å². The minimum absolute atomic E-state index is 0.0526. The number of imidazole rings is 1. The van der Waals surface area contributed by atoms with Crippen molar-refractivity contribution in [3.8, 4) is 0 Å². The molecule has 2 aromatic heterocycles. The van der Waals surface area contributed by atoms with E-state index in [1.165, 1.54) is 12.1 Å². The van der Waals surface area contributed by atoms with Crippen LogP contribution in [0.3, 0.4) is 0 Å². The van der Waals surface area contributed by atoms with E-state index in [1.807, 2.05) is 4.57 Å². The molecule has 1 saturated carbocycles. The Labute approximate surface area is 192 Å². The molecule has 0 spiro atoms. The summed E-state index contributed by atoms with van der Waals surface area (Å²) in [7, 11) is 0. The number of anilines is 3. The van der Waals surface area contributed by atoms with Crippen molar-refractivity contribution in [1.29, 1.82) is 0 Å². The molecule has 3 aromatic rings.